The molecule has 3 heterocycles. The number of benzene rings is 1. The Morgan fingerprint density at radius 3 is 2.87 bits per heavy atom. The summed E-state index contributed by atoms with van der Waals surface area (Å²) in [5, 5.41) is 3.96. The van der Waals surface area contributed by atoms with Gasteiger partial charge in [0.25, 0.3) is 0 Å². The highest BCUT2D eigenvalue weighted by atomic mass is 32.2. The molecule has 2 aromatic rings. The molecule has 2 aliphatic rings. The van der Waals surface area contributed by atoms with Crippen LogP contribution in [0.25, 0.3) is 10.8 Å². The Bertz CT molecular complexity index is 836. The summed E-state index contributed by atoms with van der Waals surface area (Å²) in [5.41, 5.74) is 0. The van der Waals surface area contributed by atoms with E-state index in [1.807, 2.05) is 0 Å². The fourth-order valence-electron chi connectivity index (χ4n) is 3.74. The maximum absolute atomic E-state index is 14.2. The summed E-state index contributed by atoms with van der Waals surface area (Å²) in [4.78, 5) is 3.84. The minimum atomic E-state index is -3.71. The van der Waals surface area contributed by atoms with Gasteiger partial charge in [0.15, 0.2) is 5.82 Å². The fraction of sp³-hybridized carbons (Fsp3) is 0.438. The highest BCUT2D eigenvalue weighted by Gasteiger charge is 2.40. The third-order valence-electron chi connectivity index (χ3n) is 4.96. The van der Waals surface area contributed by atoms with E-state index in [4.69, 9.17) is 0 Å². The van der Waals surface area contributed by atoms with Gasteiger partial charge < -0.3 is 5.32 Å². The van der Waals surface area contributed by atoms with E-state index < -0.39 is 15.8 Å². The first-order valence-electron chi connectivity index (χ1n) is 7.80. The second kappa shape index (κ2) is 5.51. The largest absolute Gasteiger partial charge is 0.316 e. The standard InChI is InChI=1S/C16H18FN3O2S/c17-14-8-19-6-11-2-1-3-15(16(11)14)23(21,22)20-9-12-4-5-18-7-13(12)10-20/h1-3,6,8,12-13,18H,4-5,7,9-10H2/t12-,13+/m1/s1. The van der Waals surface area contributed by atoms with Crippen molar-refractivity contribution < 1.29 is 12.8 Å². The van der Waals surface area contributed by atoms with E-state index in [2.05, 4.69) is 10.3 Å². The number of pyridine rings is 1. The average molecular weight is 335 g/mol. The highest BCUT2D eigenvalue weighted by molar-refractivity contribution is 7.89. The first-order valence-corrected chi connectivity index (χ1v) is 9.24. The van der Waals surface area contributed by atoms with Crippen LogP contribution in [-0.4, -0.2) is 43.9 Å². The Morgan fingerprint density at radius 1 is 1.22 bits per heavy atom. The number of hydrogen-bond acceptors (Lipinski definition) is 4. The molecule has 2 fully saturated rings. The molecule has 1 aromatic heterocycles. The van der Waals surface area contributed by atoms with E-state index in [-0.39, 0.29) is 10.3 Å². The van der Waals surface area contributed by atoms with E-state index in [0.717, 1.165) is 25.7 Å². The average Bonchev–Trinajstić information content (AvgIpc) is 2.99. The van der Waals surface area contributed by atoms with Crippen LogP contribution in [0.4, 0.5) is 4.39 Å². The van der Waals surface area contributed by atoms with E-state index in [0.29, 0.717) is 30.3 Å². The van der Waals surface area contributed by atoms with Gasteiger partial charge in [0.1, 0.15) is 0 Å². The summed E-state index contributed by atoms with van der Waals surface area (Å²) >= 11 is 0. The molecule has 0 saturated carbocycles. The predicted molar refractivity (Wildman–Crippen MR) is 84.9 cm³/mol. The molecular formula is C16H18FN3O2S. The Kier molecular flexibility index (Phi) is 3.59. The van der Waals surface area contributed by atoms with Crippen molar-refractivity contribution in [2.24, 2.45) is 11.8 Å². The van der Waals surface area contributed by atoms with Gasteiger partial charge in [0, 0.05) is 30.1 Å². The van der Waals surface area contributed by atoms with Crippen LogP contribution in [0.1, 0.15) is 6.42 Å². The van der Waals surface area contributed by atoms with E-state index in [1.165, 1.54) is 16.6 Å². The molecule has 122 valence electrons. The number of hydrogen-bond donors (Lipinski definition) is 1. The van der Waals surface area contributed by atoms with Gasteiger partial charge in [-0.15, -0.1) is 0 Å². The van der Waals surface area contributed by atoms with E-state index in [9.17, 15) is 12.8 Å². The minimum absolute atomic E-state index is 0.0431. The first kappa shape index (κ1) is 15.0. The van der Waals surface area contributed by atoms with Crippen molar-refractivity contribution in [1.29, 1.82) is 0 Å². The van der Waals surface area contributed by atoms with Gasteiger partial charge >= 0.3 is 0 Å². The maximum Gasteiger partial charge on any atom is 0.243 e. The summed E-state index contributed by atoms with van der Waals surface area (Å²) in [6.45, 7) is 2.81. The van der Waals surface area contributed by atoms with Crippen molar-refractivity contribution in [2.45, 2.75) is 11.3 Å². The van der Waals surface area contributed by atoms with Gasteiger partial charge in [-0.3, -0.25) is 4.98 Å². The number of nitrogens with zero attached hydrogens (tertiary/aromatic N) is 2. The number of piperidine rings is 1. The van der Waals surface area contributed by atoms with Crippen molar-refractivity contribution in [2.75, 3.05) is 26.2 Å². The number of nitrogens with one attached hydrogen (secondary N) is 1. The van der Waals surface area contributed by atoms with Crippen molar-refractivity contribution in [1.82, 2.24) is 14.6 Å². The van der Waals surface area contributed by atoms with Crippen LogP contribution in [0.3, 0.4) is 0 Å². The van der Waals surface area contributed by atoms with Crippen LogP contribution < -0.4 is 5.32 Å². The SMILES string of the molecule is O=S(=O)(c1cccc2cncc(F)c12)N1C[C@H]2CCNC[C@H]2C1. The minimum Gasteiger partial charge on any atom is -0.316 e. The maximum atomic E-state index is 14.2. The molecule has 0 aliphatic carbocycles. The van der Waals surface area contributed by atoms with Gasteiger partial charge in [-0.25, -0.2) is 12.8 Å². The molecule has 1 N–H and O–H groups in total. The Hall–Kier alpha value is -1.57. The lowest BCUT2D eigenvalue weighted by atomic mass is 9.90. The molecule has 23 heavy (non-hydrogen) atoms. The normalized spacial score (nSPS) is 25.6. The van der Waals surface area contributed by atoms with Crippen LogP contribution in [0.5, 0.6) is 0 Å². The van der Waals surface area contributed by atoms with E-state index >= 15 is 0 Å². The molecule has 0 spiro atoms. The number of rotatable bonds is 2. The van der Waals surface area contributed by atoms with Crippen molar-refractivity contribution in [3.63, 3.8) is 0 Å². The first-order chi connectivity index (χ1) is 11.1. The lowest BCUT2D eigenvalue weighted by molar-refractivity contribution is 0.318. The van der Waals surface area contributed by atoms with Gasteiger partial charge in [0.05, 0.1) is 11.1 Å². The highest BCUT2D eigenvalue weighted by Crippen LogP contribution is 2.34. The van der Waals surface area contributed by atoms with Crippen molar-refractivity contribution >= 4 is 20.8 Å². The lowest BCUT2D eigenvalue weighted by Crippen LogP contribution is -2.35. The molecule has 2 aliphatic heterocycles. The Balaban J connectivity index is 1.78. The van der Waals surface area contributed by atoms with Crippen LogP contribution >= 0.6 is 0 Å². The molecule has 0 bridgehead atoms. The summed E-state index contributed by atoms with van der Waals surface area (Å²) in [6.07, 6.45) is 3.55. The van der Waals surface area contributed by atoms with Crippen LogP contribution in [0.15, 0.2) is 35.5 Å². The van der Waals surface area contributed by atoms with Gasteiger partial charge in [0.2, 0.25) is 10.0 Å². The smallest absolute Gasteiger partial charge is 0.243 e. The van der Waals surface area contributed by atoms with Crippen LogP contribution in [0.2, 0.25) is 0 Å². The summed E-state index contributed by atoms with van der Waals surface area (Å²) in [7, 11) is -3.71. The third kappa shape index (κ3) is 2.43. The van der Waals surface area contributed by atoms with Crippen LogP contribution in [0, 0.1) is 17.7 Å². The second-order valence-electron chi connectivity index (χ2n) is 6.31. The molecule has 2 atom stereocenters. The number of sulfonamides is 1. The van der Waals surface area contributed by atoms with Crippen LogP contribution in [-0.2, 0) is 10.0 Å². The zero-order valence-corrected chi connectivity index (χ0v) is 13.4. The van der Waals surface area contributed by atoms with Gasteiger partial charge in [-0.1, -0.05) is 12.1 Å². The van der Waals surface area contributed by atoms with E-state index in [1.54, 1.807) is 12.1 Å². The fourth-order valence-corrected chi connectivity index (χ4v) is 5.52. The Morgan fingerprint density at radius 2 is 2.04 bits per heavy atom. The summed E-state index contributed by atoms with van der Waals surface area (Å²) in [5.74, 6) is 0.146. The molecule has 0 unspecified atom stereocenters. The number of fused-ring (bicyclic) bond motifs is 2. The second-order valence-corrected chi connectivity index (χ2v) is 8.22. The van der Waals surface area contributed by atoms with Crippen molar-refractivity contribution in [3.8, 4) is 0 Å². The summed E-state index contributed by atoms with van der Waals surface area (Å²) < 4.78 is 41.8. The number of aromatic nitrogens is 1. The zero-order valence-electron chi connectivity index (χ0n) is 12.6. The Labute approximate surface area is 134 Å². The quantitative estimate of drug-likeness (QED) is 0.906. The van der Waals surface area contributed by atoms with Gasteiger partial charge in [-0.2, -0.15) is 4.31 Å². The molecule has 1 aromatic carbocycles. The molecule has 7 heteroatoms. The van der Waals surface area contributed by atoms with Gasteiger partial charge in [-0.05, 0) is 37.4 Å². The lowest BCUT2D eigenvalue weighted by Gasteiger charge is -2.24. The molecule has 5 nitrogen and oxygen atoms in total. The molecule has 4 rings (SSSR count). The molecule has 0 amide bonds. The third-order valence-corrected chi connectivity index (χ3v) is 6.83. The predicted octanol–water partition coefficient (Wildman–Crippen LogP) is 1.60. The molecular weight excluding hydrogens is 317 g/mol. The molecule has 0 radical (unpaired) electrons. The zero-order chi connectivity index (χ0) is 16.0. The molecule has 2 saturated heterocycles. The number of halogens is 1. The summed E-state index contributed by atoms with van der Waals surface area (Å²) in [6, 6.07) is 4.81. The topological polar surface area (TPSA) is 62.3 Å². The monoisotopic (exact) mass is 335 g/mol. The van der Waals surface area contributed by atoms with Crippen molar-refractivity contribution in [3.05, 3.63) is 36.4 Å².